The number of aryl methyl sites for hydroxylation is 2. The number of fused-ring (bicyclic) bond motifs is 1. The van der Waals surface area contributed by atoms with Crippen LogP contribution in [0.3, 0.4) is 0 Å². The topological polar surface area (TPSA) is 84.8 Å². The molecular weight excluding hydrogens is 420 g/mol. The van der Waals surface area contributed by atoms with Gasteiger partial charge in [0.15, 0.2) is 5.84 Å². The number of hydrogen-bond acceptors (Lipinski definition) is 6. The number of carbonyl (C=O) groups is 1. The third-order valence-electron chi connectivity index (χ3n) is 4.95. The molecular formula is C22H20N2O4S2. The average molecular weight is 441 g/mol. The molecule has 0 atom stereocenters. The molecule has 8 heteroatoms. The van der Waals surface area contributed by atoms with E-state index in [1.54, 1.807) is 25.1 Å². The monoisotopic (exact) mass is 440 g/mol. The minimum absolute atomic E-state index is 0.149. The van der Waals surface area contributed by atoms with E-state index in [2.05, 4.69) is 9.71 Å². The van der Waals surface area contributed by atoms with Gasteiger partial charge < -0.3 is 10.1 Å². The van der Waals surface area contributed by atoms with Crippen molar-refractivity contribution < 1.29 is 17.9 Å². The average Bonchev–Trinajstić information content (AvgIpc) is 3.24. The smallest absolute Gasteiger partial charge is 0.341 e. The van der Waals surface area contributed by atoms with Crippen molar-refractivity contribution in [2.24, 2.45) is 4.40 Å². The van der Waals surface area contributed by atoms with Gasteiger partial charge in [-0.05, 0) is 49.6 Å². The summed E-state index contributed by atoms with van der Waals surface area (Å²) >= 11 is 1.31. The summed E-state index contributed by atoms with van der Waals surface area (Å²) in [5.74, 6) is -0.270. The Morgan fingerprint density at radius 3 is 2.60 bits per heavy atom. The molecule has 30 heavy (non-hydrogen) atoms. The minimum Gasteiger partial charge on any atom is -0.462 e. The highest BCUT2D eigenvalue weighted by Crippen LogP contribution is 2.38. The number of amidine groups is 1. The number of hydrogen-bond donors (Lipinski definition) is 1. The molecule has 0 bridgehead atoms. The number of nitrogens with zero attached hydrogens (tertiary/aromatic N) is 1. The molecule has 2 heterocycles. The second kappa shape index (κ2) is 7.70. The highest BCUT2D eigenvalue weighted by molar-refractivity contribution is 7.90. The quantitative estimate of drug-likeness (QED) is 0.591. The van der Waals surface area contributed by atoms with Crippen LogP contribution >= 0.6 is 11.3 Å². The van der Waals surface area contributed by atoms with Crippen LogP contribution < -0.4 is 5.32 Å². The second-order valence-corrected chi connectivity index (χ2v) is 9.36. The molecule has 0 fully saturated rings. The van der Waals surface area contributed by atoms with Gasteiger partial charge in [-0.1, -0.05) is 30.3 Å². The van der Waals surface area contributed by atoms with Crippen LogP contribution in [0.15, 0.2) is 57.1 Å². The van der Waals surface area contributed by atoms with Gasteiger partial charge in [-0.15, -0.1) is 15.7 Å². The third kappa shape index (κ3) is 3.53. The van der Waals surface area contributed by atoms with Gasteiger partial charge in [0.1, 0.15) is 15.5 Å². The Labute approximate surface area is 179 Å². The maximum absolute atomic E-state index is 12.8. The zero-order valence-corrected chi connectivity index (χ0v) is 18.4. The van der Waals surface area contributed by atoms with Crippen molar-refractivity contribution >= 4 is 38.2 Å². The summed E-state index contributed by atoms with van der Waals surface area (Å²) in [6.45, 7) is 6.03. The third-order valence-corrected chi connectivity index (χ3v) is 7.18. The van der Waals surface area contributed by atoms with Gasteiger partial charge in [0.2, 0.25) is 0 Å². The van der Waals surface area contributed by atoms with Crippen LogP contribution in [0.2, 0.25) is 0 Å². The van der Waals surface area contributed by atoms with Crippen LogP contribution in [0.25, 0.3) is 11.1 Å². The standard InChI is InChI=1S/C22H20N2O4S2/c1-4-28-22(25)19-17(15-10-9-13(2)14(3)11-15)12-29-21(19)23-20-16-7-5-6-8-18(16)30(26,27)24-20/h5-12H,4H2,1-3H3,(H,23,24). The number of carbonyl (C=O) groups excluding carboxylic acids is 1. The fourth-order valence-corrected chi connectivity index (χ4v) is 5.41. The Balaban J connectivity index is 1.81. The lowest BCUT2D eigenvalue weighted by Crippen LogP contribution is -2.14. The van der Waals surface area contributed by atoms with E-state index in [4.69, 9.17) is 4.74 Å². The van der Waals surface area contributed by atoms with E-state index >= 15 is 0 Å². The SMILES string of the molecule is CCOC(=O)c1c(-c2ccc(C)c(C)c2)csc1NC1=NS(=O)(=O)c2ccccc21. The molecule has 3 aromatic rings. The van der Waals surface area contributed by atoms with Crippen molar-refractivity contribution in [3.05, 3.63) is 70.1 Å². The van der Waals surface area contributed by atoms with Crippen molar-refractivity contribution in [2.75, 3.05) is 11.9 Å². The summed E-state index contributed by atoms with van der Waals surface area (Å²) in [4.78, 5) is 13.0. The summed E-state index contributed by atoms with van der Waals surface area (Å²) in [5.41, 5.74) is 4.75. The first-order valence-corrected chi connectivity index (χ1v) is 11.7. The van der Waals surface area contributed by atoms with Crippen LogP contribution in [0.5, 0.6) is 0 Å². The minimum atomic E-state index is -3.76. The molecule has 154 valence electrons. The van der Waals surface area contributed by atoms with E-state index in [9.17, 15) is 13.2 Å². The van der Waals surface area contributed by atoms with Crippen LogP contribution in [0.4, 0.5) is 5.00 Å². The zero-order chi connectivity index (χ0) is 21.5. The Morgan fingerprint density at radius 1 is 1.10 bits per heavy atom. The Kier molecular flexibility index (Phi) is 5.21. The molecule has 0 amide bonds. The van der Waals surface area contributed by atoms with E-state index in [-0.39, 0.29) is 17.3 Å². The highest BCUT2D eigenvalue weighted by Gasteiger charge is 2.30. The number of sulfonamides is 1. The van der Waals surface area contributed by atoms with Crippen LogP contribution in [-0.2, 0) is 14.8 Å². The number of thiophene rings is 1. The van der Waals surface area contributed by atoms with Gasteiger partial charge in [0.05, 0.1) is 6.61 Å². The van der Waals surface area contributed by atoms with E-state index in [1.807, 2.05) is 37.4 Å². The van der Waals surface area contributed by atoms with Crippen molar-refractivity contribution in [3.8, 4) is 11.1 Å². The number of ether oxygens (including phenoxy) is 1. The molecule has 2 aromatic carbocycles. The van der Waals surface area contributed by atoms with Crippen molar-refractivity contribution in [3.63, 3.8) is 0 Å². The highest BCUT2D eigenvalue weighted by atomic mass is 32.2. The normalized spacial score (nSPS) is 14.2. The summed E-state index contributed by atoms with van der Waals surface area (Å²) in [6.07, 6.45) is 0. The van der Waals surface area contributed by atoms with Gasteiger partial charge >= 0.3 is 5.97 Å². The molecule has 0 saturated carbocycles. The lowest BCUT2D eigenvalue weighted by molar-refractivity contribution is 0.0529. The first kappa shape index (κ1) is 20.3. The van der Waals surface area contributed by atoms with Gasteiger partial charge in [-0.2, -0.15) is 8.42 Å². The van der Waals surface area contributed by atoms with Crippen LogP contribution in [0, 0.1) is 13.8 Å². The molecule has 0 aliphatic carbocycles. The number of nitrogens with one attached hydrogen (secondary N) is 1. The molecule has 1 aliphatic rings. The molecule has 0 unspecified atom stereocenters. The van der Waals surface area contributed by atoms with E-state index in [0.717, 1.165) is 22.3 Å². The lowest BCUT2D eigenvalue weighted by atomic mass is 9.99. The predicted octanol–water partition coefficient (Wildman–Crippen LogP) is 4.77. The van der Waals surface area contributed by atoms with Crippen LogP contribution in [-0.4, -0.2) is 26.8 Å². The second-order valence-electron chi connectivity index (χ2n) is 6.91. The van der Waals surface area contributed by atoms with Crippen molar-refractivity contribution in [2.45, 2.75) is 25.7 Å². The van der Waals surface area contributed by atoms with Gasteiger partial charge in [-0.25, -0.2) is 4.79 Å². The number of benzene rings is 2. The summed E-state index contributed by atoms with van der Waals surface area (Å²) < 4.78 is 33.9. The molecule has 1 N–H and O–H groups in total. The summed E-state index contributed by atoms with van der Waals surface area (Å²) in [5, 5.41) is 5.43. The molecule has 4 rings (SSSR count). The molecule has 0 spiro atoms. The van der Waals surface area contributed by atoms with E-state index < -0.39 is 16.0 Å². The lowest BCUT2D eigenvalue weighted by Gasteiger charge is -2.10. The molecule has 0 saturated heterocycles. The largest absolute Gasteiger partial charge is 0.462 e. The zero-order valence-electron chi connectivity index (χ0n) is 16.7. The molecule has 0 radical (unpaired) electrons. The van der Waals surface area contributed by atoms with Gasteiger partial charge in [-0.3, -0.25) is 0 Å². The first-order chi connectivity index (χ1) is 14.3. The summed E-state index contributed by atoms with van der Waals surface area (Å²) in [7, 11) is -3.76. The van der Waals surface area contributed by atoms with Crippen molar-refractivity contribution in [1.82, 2.24) is 0 Å². The Morgan fingerprint density at radius 2 is 1.87 bits per heavy atom. The fourth-order valence-electron chi connectivity index (χ4n) is 3.28. The fraction of sp³-hybridized carbons (Fsp3) is 0.182. The maximum atomic E-state index is 12.8. The van der Waals surface area contributed by atoms with E-state index in [1.165, 1.54) is 17.4 Å². The van der Waals surface area contributed by atoms with Gasteiger partial charge in [0.25, 0.3) is 10.0 Å². The van der Waals surface area contributed by atoms with Gasteiger partial charge in [0, 0.05) is 16.5 Å². The number of esters is 1. The predicted molar refractivity (Wildman–Crippen MR) is 119 cm³/mol. The Hall–Kier alpha value is -2.97. The van der Waals surface area contributed by atoms with Crippen molar-refractivity contribution in [1.29, 1.82) is 0 Å². The van der Waals surface area contributed by atoms with Crippen LogP contribution in [0.1, 0.15) is 34.0 Å². The molecule has 1 aliphatic heterocycles. The van der Waals surface area contributed by atoms with E-state index in [0.29, 0.717) is 16.1 Å². The Bertz CT molecular complexity index is 1290. The maximum Gasteiger partial charge on any atom is 0.341 e. The molecule has 6 nitrogen and oxygen atoms in total. The number of anilines is 1. The summed E-state index contributed by atoms with van der Waals surface area (Å²) in [6, 6.07) is 12.6. The molecule has 1 aromatic heterocycles. The first-order valence-electron chi connectivity index (χ1n) is 9.39. The number of rotatable bonds is 4.